The minimum absolute atomic E-state index is 0.0937. The standard InChI is InChI=1S/C12H18N2O3/c1-4-9(2)13-11(15)8-17-12(16)10-6-5-7-14(10)3/h5-7,9H,4,8H2,1-3H3,(H,13,15). The Labute approximate surface area is 101 Å². The van der Waals surface area contributed by atoms with Gasteiger partial charge in [-0.05, 0) is 25.5 Å². The third kappa shape index (κ3) is 3.94. The SMILES string of the molecule is CCC(C)NC(=O)COC(=O)c1cccn1C. The Morgan fingerprint density at radius 3 is 2.76 bits per heavy atom. The summed E-state index contributed by atoms with van der Waals surface area (Å²) in [5, 5.41) is 2.72. The van der Waals surface area contributed by atoms with E-state index < -0.39 is 5.97 Å². The number of nitrogens with zero attached hydrogens (tertiary/aromatic N) is 1. The first-order chi connectivity index (χ1) is 8.04. The van der Waals surface area contributed by atoms with Crippen LogP contribution in [0.4, 0.5) is 0 Å². The van der Waals surface area contributed by atoms with Crippen molar-refractivity contribution in [2.45, 2.75) is 26.3 Å². The van der Waals surface area contributed by atoms with Crippen LogP contribution in [0, 0.1) is 0 Å². The van der Waals surface area contributed by atoms with Crippen molar-refractivity contribution < 1.29 is 14.3 Å². The maximum Gasteiger partial charge on any atom is 0.355 e. The number of amides is 1. The molecule has 0 saturated heterocycles. The van der Waals surface area contributed by atoms with Gasteiger partial charge in [-0.25, -0.2) is 4.79 Å². The summed E-state index contributed by atoms with van der Waals surface area (Å²) in [6, 6.07) is 3.49. The molecule has 1 rings (SSSR count). The first kappa shape index (κ1) is 13.3. The summed E-state index contributed by atoms with van der Waals surface area (Å²) in [5.41, 5.74) is 0.432. The fourth-order valence-electron chi connectivity index (χ4n) is 1.30. The molecule has 0 radical (unpaired) electrons. The van der Waals surface area contributed by atoms with E-state index in [1.54, 1.807) is 29.9 Å². The van der Waals surface area contributed by atoms with Crippen LogP contribution in [0.2, 0.25) is 0 Å². The zero-order valence-electron chi connectivity index (χ0n) is 10.4. The molecule has 1 amide bonds. The highest BCUT2D eigenvalue weighted by atomic mass is 16.5. The van der Waals surface area contributed by atoms with E-state index >= 15 is 0 Å². The highest BCUT2D eigenvalue weighted by Gasteiger charge is 2.13. The molecular formula is C12H18N2O3. The Balaban J connectivity index is 2.39. The fraction of sp³-hybridized carbons (Fsp3) is 0.500. The molecule has 1 heterocycles. The summed E-state index contributed by atoms with van der Waals surface area (Å²) < 4.78 is 6.55. The number of carbonyl (C=O) groups excluding carboxylic acids is 2. The second-order valence-corrected chi connectivity index (χ2v) is 3.96. The van der Waals surface area contributed by atoms with Gasteiger partial charge in [0, 0.05) is 19.3 Å². The number of hydrogen-bond donors (Lipinski definition) is 1. The molecule has 0 aliphatic carbocycles. The zero-order chi connectivity index (χ0) is 12.8. The molecular weight excluding hydrogens is 220 g/mol. The highest BCUT2D eigenvalue weighted by molar-refractivity contribution is 5.89. The molecule has 1 unspecified atom stereocenters. The van der Waals surface area contributed by atoms with Crippen molar-refractivity contribution in [3.05, 3.63) is 24.0 Å². The number of esters is 1. The van der Waals surface area contributed by atoms with Gasteiger partial charge in [0.2, 0.25) is 0 Å². The molecule has 5 nitrogen and oxygen atoms in total. The second-order valence-electron chi connectivity index (χ2n) is 3.96. The van der Waals surface area contributed by atoms with E-state index in [9.17, 15) is 9.59 Å². The summed E-state index contributed by atoms with van der Waals surface area (Å²) in [6.07, 6.45) is 2.59. The van der Waals surface area contributed by atoms with E-state index in [1.807, 2.05) is 13.8 Å². The molecule has 0 spiro atoms. The Morgan fingerprint density at radius 2 is 2.24 bits per heavy atom. The molecule has 0 bridgehead atoms. The van der Waals surface area contributed by atoms with Crippen molar-refractivity contribution in [3.63, 3.8) is 0 Å². The van der Waals surface area contributed by atoms with Crippen LogP contribution in [-0.2, 0) is 16.6 Å². The van der Waals surface area contributed by atoms with Gasteiger partial charge < -0.3 is 14.6 Å². The van der Waals surface area contributed by atoms with Crippen LogP contribution in [0.1, 0.15) is 30.8 Å². The van der Waals surface area contributed by atoms with Crippen molar-refractivity contribution in [2.24, 2.45) is 7.05 Å². The summed E-state index contributed by atoms with van der Waals surface area (Å²) >= 11 is 0. The second kappa shape index (κ2) is 6.08. The van der Waals surface area contributed by atoms with Crippen LogP contribution in [0.25, 0.3) is 0 Å². The predicted molar refractivity (Wildman–Crippen MR) is 63.6 cm³/mol. The lowest BCUT2D eigenvalue weighted by Gasteiger charge is -2.11. The quantitative estimate of drug-likeness (QED) is 0.781. The third-order valence-corrected chi connectivity index (χ3v) is 2.51. The third-order valence-electron chi connectivity index (χ3n) is 2.51. The highest BCUT2D eigenvalue weighted by Crippen LogP contribution is 2.01. The van der Waals surface area contributed by atoms with Crippen molar-refractivity contribution in [2.75, 3.05) is 6.61 Å². The molecule has 1 aromatic rings. The van der Waals surface area contributed by atoms with Crippen molar-refractivity contribution in [1.82, 2.24) is 9.88 Å². The monoisotopic (exact) mass is 238 g/mol. The van der Waals surface area contributed by atoms with Crippen LogP contribution in [-0.4, -0.2) is 29.1 Å². The summed E-state index contributed by atoms with van der Waals surface area (Å²) in [6.45, 7) is 3.63. The molecule has 0 aliphatic rings. The van der Waals surface area contributed by atoms with Crippen LogP contribution in [0.5, 0.6) is 0 Å². The molecule has 0 aromatic carbocycles. The van der Waals surface area contributed by atoms with Crippen LogP contribution < -0.4 is 5.32 Å². The van der Waals surface area contributed by atoms with E-state index in [0.717, 1.165) is 6.42 Å². The smallest absolute Gasteiger partial charge is 0.355 e. The van der Waals surface area contributed by atoms with Gasteiger partial charge in [0.15, 0.2) is 6.61 Å². The van der Waals surface area contributed by atoms with Crippen molar-refractivity contribution in [1.29, 1.82) is 0 Å². The minimum Gasteiger partial charge on any atom is -0.451 e. The number of aromatic nitrogens is 1. The zero-order valence-corrected chi connectivity index (χ0v) is 10.4. The number of aryl methyl sites for hydroxylation is 1. The van der Waals surface area contributed by atoms with E-state index in [2.05, 4.69) is 5.32 Å². The summed E-state index contributed by atoms with van der Waals surface area (Å²) in [5.74, 6) is -0.765. The lowest BCUT2D eigenvalue weighted by atomic mass is 10.2. The van der Waals surface area contributed by atoms with Gasteiger partial charge in [0.1, 0.15) is 5.69 Å². The van der Waals surface area contributed by atoms with Crippen LogP contribution in [0.15, 0.2) is 18.3 Å². The van der Waals surface area contributed by atoms with Gasteiger partial charge in [0.25, 0.3) is 5.91 Å². The topological polar surface area (TPSA) is 60.3 Å². The fourth-order valence-corrected chi connectivity index (χ4v) is 1.30. The first-order valence-corrected chi connectivity index (χ1v) is 5.62. The van der Waals surface area contributed by atoms with Crippen molar-refractivity contribution in [3.8, 4) is 0 Å². The molecule has 1 N–H and O–H groups in total. The number of nitrogens with one attached hydrogen (secondary N) is 1. The minimum atomic E-state index is -0.489. The average Bonchev–Trinajstić information content (AvgIpc) is 2.72. The lowest BCUT2D eigenvalue weighted by molar-refractivity contribution is -0.124. The molecule has 94 valence electrons. The molecule has 0 fully saturated rings. The summed E-state index contributed by atoms with van der Waals surface area (Å²) in [4.78, 5) is 22.9. The van der Waals surface area contributed by atoms with E-state index in [0.29, 0.717) is 5.69 Å². The van der Waals surface area contributed by atoms with Gasteiger partial charge in [-0.15, -0.1) is 0 Å². The number of ether oxygens (including phenoxy) is 1. The van der Waals surface area contributed by atoms with E-state index in [-0.39, 0.29) is 18.6 Å². The van der Waals surface area contributed by atoms with Gasteiger partial charge in [0.05, 0.1) is 0 Å². The van der Waals surface area contributed by atoms with Gasteiger partial charge in [-0.2, -0.15) is 0 Å². The molecule has 1 atom stereocenters. The van der Waals surface area contributed by atoms with E-state index in [1.165, 1.54) is 0 Å². The van der Waals surface area contributed by atoms with E-state index in [4.69, 9.17) is 4.74 Å². The van der Waals surface area contributed by atoms with Crippen LogP contribution >= 0.6 is 0 Å². The predicted octanol–water partition coefficient (Wildman–Crippen LogP) is 1.10. The maximum atomic E-state index is 11.6. The largest absolute Gasteiger partial charge is 0.451 e. The molecule has 5 heteroatoms. The Morgan fingerprint density at radius 1 is 1.53 bits per heavy atom. The Bertz CT molecular complexity index is 398. The molecule has 0 saturated carbocycles. The number of hydrogen-bond acceptors (Lipinski definition) is 3. The van der Waals surface area contributed by atoms with Gasteiger partial charge in [-0.1, -0.05) is 6.92 Å². The van der Waals surface area contributed by atoms with Crippen LogP contribution in [0.3, 0.4) is 0 Å². The molecule has 1 aromatic heterocycles. The number of rotatable bonds is 5. The van der Waals surface area contributed by atoms with Gasteiger partial charge >= 0.3 is 5.97 Å². The summed E-state index contributed by atoms with van der Waals surface area (Å²) in [7, 11) is 1.75. The normalized spacial score (nSPS) is 11.9. The lowest BCUT2D eigenvalue weighted by Crippen LogP contribution is -2.35. The first-order valence-electron chi connectivity index (χ1n) is 5.62. The Kier molecular flexibility index (Phi) is 4.75. The average molecular weight is 238 g/mol. The van der Waals surface area contributed by atoms with Gasteiger partial charge in [-0.3, -0.25) is 4.79 Å². The van der Waals surface area contributed by atoms with Crippen molar-refractivity contribution >= 4 is 11.9 Å². The molecule has 17 heavy (non-hydrogen) atoms. The molecule has 0 aliphatic heterocycles. The Hall–Kier alpha value is -1.78. The maximum absolute atomic E-state index is 11.6. The number of carbonyl (C=O) groups is 2.